The lowest BCUT2D eigenvalue weighted by Crippen LogP contribution is -2.14. The third kappa shape index (κ3) is 2.30. The highest BCUT2D eigenvalue weighted by Crippen LogP contribution is 2.17. The monoisotopic (exact) mass is 192 g/mol. The molecule has 0 saturated heterocycles. The van der Waals surface area contributed by atoms with Crippen LogP contribution in [0.5, 0.6) is 0 Å². The SMILES string of the molecule is CNCC(C)c1ccc(C#N)c(F)c1. The van der Waals surface area contributed by atoms with Crippen molar-refractivity contribution >= 4 is 0 Å². The summed E-state index contributed by atoms with van der Waals surface area (Å²) in [4.78, 5) is 0. The van der Waals surface area contributed by atoms with Crippen molar-refractivity contribution in [2.75, 3.05) is 13.6 Å². The third-order valence-corrected chi connectivity index (χ3v) is 2.19. The van der Waals surface area contributed by atoms with Gasteiger partial charge in [-0.15, -0.1) is 0 Å². The first kappa shape index (κ1) is 10.7. The summed E-state index contributed by atoms with van der Waals surface area (Å²) in [5.74, 6) is -0.185. The van der Waals surface area contributed by atoms with E-state index in [0.717, 1.165) is 12.1 Å². The fourth-order valence-corrected chi connectivity index (χ4v) is 1.35. The second-order valence-corrected chi connectivity index (χ2v) is 3.31. The molecule has 0 aliphatic rings. The molecule has 1 unspecified atom stereocenters. The van der Waals surface area contributed by atoms with E-state index in [1.54, 1.807) is 12.1 Å². The Kier molecular flexibility index (Phi) is 3.61. The Bertz CT molecular complexity index is 355. The van der Waals surface area contributed by atoms with Crippen molar-refractivity contribution in [2.24, 2.45) is 0 Å². The smallest absolute Gasteiger partial charge is 0.141 e. The summed E-state index contributed by atoms with van der Waals surface area (Å²) in [6.07, 6.45) is 0. The van der Waals surface area contributed by atoms with Gasteiger partial charge >= 0.3 is 0 Å². The molecule has 2 nitrogen and oxygen atoms in total. The highest BCUT2D eigenvalue weighted by molar-refractivity contribution is 5.34. The zero-order valence-corrected chi connectivity index (χ0v) is 8.34. The molecule has 0 aromatic heterocycles. The highest BCUT2D eigenvalue weighted by atomic mass is 19.1. The van der Waals surface area contributed by atoms with E-state index < -0.39 is 5.82 Å². The largest absolute Gasteiger partial charge is 0.319 e. The molecular weight excluding hydrogens is 179 g/mol. The van der Waals surface area contributed by atoms with Crippen LogP contribution in [0.3, 0.4) is 0 Å². The van der Waals surface area contributed by atoms with E-state index in [4.69, 9.17) is 5.26 Å². The number of hydrogen-bond donors (Lipinski definition) is 1. The number of benzene rings is 1. The van der Waals surface area contributed by atoms with Crippen LogP contribution in [0.1, 0.15) is 24.0 Å². The van der Waals surface area contributed by atoms with Gasteiger partial charge < -0.3 is 5.32 Å². The number of nitriles is 1. The van der Waals surface area contributed by atoms with E-state index in [2.05, 4.69) is 5.32 Å². The third-order valence-electron chi connectivity index (χ3n) is 2.19. The summed E-state index contributed by atoms with van der Waals surface area (Å²) in [5.41, 5.74) is 1.02. The molecule has 0 fully saturated rings. The summed E-state index contributed by atoms with van der Waals surface area (Å²) in [6, 6.07) is 6.55. The van der Waals surface area contributed by atoms with E-state index in [1.807, 2.05) is 14.0 Å². The first-order chi connectivity index (χ1) is 6.69. The van der Waals surface area contributed by atoms with Gasteiger partial charge in [0.2, 0.25) is 0 Å². The van der Waals surface area contributed by atoms with Crippen LogP contribution in [-0.2, 0) is 0 Å². The molecule has 1 aromatic carbocycles. The molecule has 0 amide bonds. The van der Waals surface area contributed by atoms with Gasteiger partial charge in [-0.2, -0.15) is 5.26 Å². The molecular formula is C11H13FN2. The average molecular weight is 192 g/mol. The number of nitrogens with zero attached hydrogens (tertiary/aromatic N) is 1. The molecule has 0 aliphatic carbocycles. The van der Waals surface area contributed by atoms with Gasteiger partial charge in [-0.05, 0) is 30.7 Å². The summed E-state index contributed by atoms with van der Waals surface area (Å²) in [6.45, 7) is 2.81. The van der Waals surface area contributed by atoms with Crippen LogP contribution < -0.4 is 5.32 Å². The molecule has 3 heteroatoms. The maximum absolute atomic E-state index is 13.2. The van der Waals surface area contributed by atoms with Crippen molar-refractivity contribution in [1.82, 2.24) is 5.32 Å². The van der Waals surface area contributed by atoms with Crippen LogP contribution >= 0.6 is 0 Å². The van der Waals surface area contributed by atoms with E-state index in [0.29, 0.717) is 0 Å². The van der Waals surface area contributed by atoms with E-state index >= 15 is 0 Å². The van der Waals surface area contributed by atoms with Gasteiger partial charge in [0.1, 0.15) is 11.9 Å². The predicted octanol–water partition coefficient (Wildman–Crippen LogP) is 2.02. The Labute approximate surface area is 83.4 Å². The van der Waals surface area contributed by atoms with Crippen molar-refractivity contribution in [3.8, 4) is 6.07 Å². The van der Waals surface area contributed by atoms with Gasteiger partial charge in [0.15, 0.2) is 0 Å². The lowest BCUT2D eigenvalue weighted by Gasteiger charge is -2.11. The maximum Gasteiger partial charge on any atom is 0.141 e. The lowest BCUT2D eigenvalue weighted by molar-refractivity contribution is 0.613. The molecule has 1 atom stereocenters. The molecule has 14 heavy (non-hydrogen) atoms. The van der Waals surface area contributed by atoms with Gasteiger partial charge in [-0.1, -0.05) is 13.0 Å². The highest BCUT2D eigenvalue weighted by Gasteiger charge is 2.07. The number of rotatable bonds is 3. The molecule has 0 aliphatic heterocycles. The van der Waals surface area contributed by atoms with Crippen molar-refractivity contribution in [3.05, 3.63) is 35.1 Å². The zero-order chi connectivity index (χ0) is 10.6. The summed E-state index contributed by atoms with van der Waals surface area (Å²) >= 11 is 0. The Morgan fingerprint density at radius 3 is 2.79 bits per heavy atom. The van der Waals surface area contributed by atoms with Crippen molar-refractivity contribution in [1.29, 1.82) is 5.26 Å². The number of hydrogen-bond acceptors (Lipinski definition) is 2. The van der Waals surface area contributed by atoms with Gasteiger partial charge in [0, 0.05) is 6.54 Å². The lowest BCUT2D eigenvalue weighted by atomic mass is 10.00. The quantitative estimate of drug-likeness (QED) is 0.795. The van der Waals surface area contributed by atoms with Gasteiger partial charge in [-0.3, -0.25) is 0 Å². The van der Waals surface area contributed by atoms with E-state index in [9.17, 15) is 4.39 Å². The Hall–Kier alpha value is -1.40. The van der Waals surface area contributed by atoms with Crippen LogP contribution in [0.2, 0.25) is 0 Å². The van der Waals surface area contributed by atoms with Crippen molar-refractivity contribution in [2.45, 2.75) is 12.8 Å². The van der Waals surface area contributed by atoms with Crippen molar-refractivity contribution in [3.63, 3.8) is 0 Å². The first-order valence-electron chi connectivity index (χ1n) is 4.53. The normalized spacial score (nSPS) is 12.1. The molecule has 1 rings (SSSR count). The number of halogens is 1. The molecule has 0 bridgehead atoms. The number of likely N-dealkylation sites (N-methyl/N-ethyl adjacent to an activating group) is 1. The van der Waals surface area contributed by atoms with Crippen LogP contribution in [0.25, 0.3) is 0 Å². The molecule has 0 spiro atoms. The van der Waals surface area contributed by atoms with Crippen molar-refractivity contribution < 1.29 is 4.39 Å². The van der Waals surface area contributed by atoms with Crippen LogP contribution in [0, 0.1) is 17.1 Å². The van der Waals surface area contributed by atoms with Gasteiger partial charge in [0.25, 0.3) is 0 Å². The van der Waals surface area contributed by atoms with Crippen LogP contribution in [0.15, 0.2) is 18.2 Å². The zero-order valence-electron chi connectivity index (χ0n) is 8.34. The Morgan fingerprint density at radius 1 is 1.57 bits per heavy atom. The average Bonchev–Trinajstić information content (AvgIpc) is 2.18. The topological polar surface area (TPSA) is 35.8 Å². The van der Waals surface area contributed by atoms with E-state index in [1.165, 1.54) is 12.1 Å². The fraction of sp³-hybridized carbons (Fsp3) is 0.364. The number of nitrogens with one attached hydrogen (secondary N) is 1. The molecule has 1 N–H and O–H groups in total. The first-order valence-corrected chi connectivity index (χ1v) is 4.53. The van der Waals surface area contributed by atoms with E-state index in [-0.39, 0.29) is 11.5 Å². The second-order valence-electron chi connectivity index (χ2n) is 3.31. The molecule has 0 heterocycles. The minimum Gasteiger partial charge on any atom is -0.319 e. The minimum atomic E-state index is -0.437. The Morgan fingerprint density at radius 2 is 2.29 bits per heavy atom. The molecule has 74 valence electrons. The maximum atomic E-state index is 13.2. The van der Waals surface area contributed by atoms with Crippen LogP contribution in [-0.4, -0.2) is 13.6 Å². The standard InChI is InChI=1S/C11H13FN2/c1-8(7-14-2)9-3-4-10(6-13)11(12)5-9/h3-5,8,14H,7H2,1-2H3. The predicted molar refractivity (Wildman–Crippen MR) is 53.5 cm³/mol. The second kappa shape index (κ2) is 4.73. The molecule has 1 aromatic rings. The summed E-state index contributed by atoms with van der Waals surface area (Å²) in [7, 11) is 1.86. The molecule has 0 radical (unpaired) electrons. The molecule has 0 saturated carbocycles. The van der Waals surface area contributed by atoms with Crippen LogP contribution in [0.4, 0.5) is 4.39 Å². The summed E-state index contributed by atoms with van der Waals surface area (Å²) in [5, 5.41) is 11.6. The summed E-state index contributed by atoms with van der Waals surface area (Å²) < 4.78 is 13.2. The minimum absolute atomic E-state index is 0.102. The van der Waals surface area contributed by atoms with Gasteiger partial charge in [0.05, 0.1) is 5.56 Å². The van der Waals surface area contributed by atoms with Gasteiger partial charge in [-0.25, -0.2) is 4.39 Å². The fourth-order valence-electron chi connectivity index (χ4n) is 1.35. The Balaban J connectivity index is 2.92.